The quantitative estimate of drug-likeness (QED) is 0.274. The molecule has 0 atom stereocenters. The van der Waals surface area contributed by atoms with Crippen LogP contribution < -0.4 is 4.90 Å². The number of hydrogen-bond acceptors (Lipinski definition) is 5. The van der Waals surface area contributed by atoms with E-state index in [1.807, 2.05) is 35.2 Å². The Morgan fingerprint density at radius 1 is 0.917 bits per heavy atom. The lowest BCUT2D eigenvalue weighted by molar-refractivity contribution is 0.0331. The van der Waals surface area contributed by atoms with Gasteiger partial charge >= 0.3 is 6.03 Å². The molecule has 1 saturated heterocycles. The average Bonchev–Trinajstić information content (AvgIpc) is 2.93. The van der Waals surface area contributed by atoms with Crippen molar-refractivity contribution in [3.8, 4) is 11.3 Å². The molecule has 3 heterocycles. The van der Waals surface area contributed by atoms with Crippen molar-refractivity contribution in [3.05, 3.63) is 83.9 Å². The summed E-state index contributed by atoms with van der Waals surface area (Å²) in [5, 5.41) is 0.243. The van der Waals surface area contributed by atoms with Crippen molar-refractivity contribution >= 4 is 34.5 Å². The summed E-state index contributed by atoms with van der Waals surface area (Å²) in [6.07, 6.45) is 0. The number of piperazine rings is 1. The van der Waals surface area contributed by atoms with Gasteiger partial charge in [-0.1, -0.05) is 34.8 Å². The molecule has 0 radical (unpaired) electrons. The zero-order valence-electron chi connectivity index (χ0n) is 19.3. The van der Waals surface area contributed by atoms with Crippen molar-refractivity contribution < 1.29 is 13.7 Å². The largest absolute Gasteiger partial charge is 0.351 e. The van der Waals surface area contributed by atoms with Crippen molar-refractivity contribution in [2.75, 3.05) is 31.1 Å². The van der Waals surface area contributed by atoms with E-state index in [0.29, 0.717) is 54.5 Å². The van der Waals surface area contributed by atoms with Gasteiger partial charge in [-0.05, 0) is 42.0 Å². The lowest BCUT2D eigenvalue weighted by Gasteiger charge is -2.36. The molecule has 2 amide bonds. The molecule has 0 N–H and O–H groups in total. The number of urea groups is 1. The van der Waals surface area contributed by atoms with E-state index in [9.17, 15) is 13.7 Å². The second kappa shape index (κ2) is 10.4. The Hall–Kier alpha value is -3.85. The van der Waals surface area contributed by atoms with Gasteiger partial charge in [-0.25, -0.2) is 24.1 Å². The number of carbonyl (C=O) groups is 1. The maximum atomic E-state index is 14.6. The number of hydrogen-bond donors (Lipinski definition) is 0. The summed E-state index contributed by atoms with van der Waals surface area (Å²) in [6.45, 7) is 1.44. The van der Waals surface area contributed by atoms with Crippen LogP contribution in [0, 0.1) is 5.82 Å². The fraction of sp³-hybridized carbons (Fsp3) is 0.231. The number of alkyl halides is 1. The van der Waals surface area contributed by atoms with Crippen LogP contribution in [0.3, 0.4) is 0 Å². The number of fused-ring (bicyclic) bond motifs is 1. The monoisotopic (exact) mass is 508 g/mol. The minimum absolute atomic E-state index is 0.106. The predicted octanol–water partition coefficient (Wildman–Crippen LogP) is 5.20. The van der Waals surface area contributed by atoms with E-state index in [4.69, 9.17) is 16.6 Å². The predicted molar refractivity (Wildman–Crippen MR) is 135 cm³/mol. The number of aromatic nitrogens is 3. The summed E-state index contributed by atoms with van der Waals surface area (Å²) in [7, 11) is 0. The van der Waals surface area contributed by atoms with Crippen LogP contribution in [-0.4, -0.2) is 57.2 Å². The molecule has 7 nitrogen and oxygen atoms in total. The van der Waals surface area contributed by atoms with Gasteiger partial charge < -0.3 is 9.80 Å². The highest BCUT2D eigenvalue weighted by Crippen LogP contribution is 2.28. The van der Waals surface area contributed by atoms with Gasteiger partial charge in [-0.2, -0.15) is 5.12 Å². The molecule has 10 heteroatoms. The van der Waals surface area contributed by atoms with Gasteiger partial charge in [0.15, 0.2) is 5.82 Å². The van der Waals surface area contributed by atoms with E-state index in [2.05, 4.69) is 9.97 Å². The van der Waals surface area contributed by atoms with Crippen LogP contribution in [0.25, 0.3) is 22.3 Å². The van der Waals surface area contributed by atoms with Crippen molar-refractivity contribution in [3.63, 3.8) is 0 Å². The zero-order valence-corrected chi connectivity index (χ0v) is 20.1. The van der Waals surface area contributed by atoms with Gasteiger partial charge in [0.2, 0.25) is 0 Å². The van der Waals surface area contributed by atoms with Gasteiger partial charge in [0.25, 0.3) is 0 Å². The molecule has 2 aromatic carbocycles. The molecule has 1 aliphatic heterocycles. The number of pyridine rings is 1. The highest BCUT2D eigenvalue weighted by molar-refractivity contribution is 6.16. The Labute approximate surface area is 211 Å². The Morgan fingerprint density at radius 2 is 1.64 bits per heavy atom. The SMILES string of the molecule is O=C(N(F)Cc1ccccc1)N1CCN(c2nc(CCl)nc3ccc(-c4ccc(F)cc4)nc23)CC1. The van der Waals surface area contributed by atoms with Crippen LogP contribution in [0.5, 0.6) is 0 Å². The minimum atomic E-state index is -0.663. The molecule has 4 aromatic rings. The third-order valence-electron chi connectivity index (χ3n) is 6.05. The first-order valence-corrected chi connectivity index (χ1v) is 12.1. The smallest absolute Gasteiger partial charge is 0.348 e. The molecule has 2 aromatic heterocycles. The van der Waals surface area contributed by atoms with Crippen molar-refractivity contribution in [2.24, 2.45) is 0 Å². The Balaban J connectivity index is 1.36. The number of benzene rings is 2. The Kier molecular flexibility index (Phi) is 6.90. The van der Waals surface area contributed by atoms with Crippen molar-refractivity contribution in [2.45, 2.75) is 12.4 Å². The summed E-state index contributed by atoms with van der Waals surface area (Å²) in [5.41, 5.74) is 3.37. The van der Waals surface area contributed by atoms with E-state index < -0.39 is 6.03 Å². The summed E-state index contributed by atoms with van der Waals surface area (Å²) in [6, 6.07) is 18.1. The average molecular weight is 509 g/mol. The molecule has 0 saturated carbocycles. The molecule has 0 bridgehead atoms. The molecular weight excluding hydrogens is 486 g/mol. The lowest BCUT2D eigenvalue weighted by atomic mass is 10.1. The molecule has 1 aliphatic rings. The fourth-order valence-corrected chi connectivity index (χ4v) is 4.30. The number of anilines is 1. The molecule has 0 aliphatic carbocycles. The number of halogens is 3. The summed E-state index contributed by atoms with van der Waals surface area (Å²) >= 11 is 6.05. The molecular formula is C26H23ClF2N6O. The number of nitrogens with zero attached hydrogens (tertiary/aromatic N) is 6. The van der Waals surface area contributed by atoms with E-state index in [1.165, 1.54) is 17.0 Å². The first-order valence-electron chi connectivity index (χ1n) is 11.5. The van der Waals surface area contributed by atoms with E-state index in [0.717, 1.165) is 11.1 Å². The summed E-state index contributed by atoms with van der Waals surface area (Å²) in [4.78, 5) is 30.0. The van der Waals surface area contributed by atoms with E-state index >= 15 is 0 Å². The van der Waals surface area contributed by atoms with Crippen LogP contribution in [0.2, 0.25) is 0 Å². The summed E-state index contributed by atoms with van der Waals surface area (Å²) in [5.74, 6) is 0.885. The summed E-state index contributed by atoms with van der Waals surface area (Å²) < 4.78 is 28.0. The zero-order chi connectivity index (χ0) is 25.1. The normalized spacial score (nSPS) is 13.8. The molecule has 36 heavy (non-hydrogen) atoms. The van der Waals surface area contributed by atoms with Crippen LogP contribution in [0.15, 0.2) is 66.7 Å². The lowest BCUT2D eigenvalue weighted by Crippen LogP contribution is -2.51. The van der Waals surface area contributed by atoms with Gasteiger partial charge in [-0.3, -0.25) is 0 Å². The van der Waals surface area contributed by atoms with Gasteiger partial charge in [0, 0.05) is 31.7 Å². The first kappa shape index (κ1) is 23.9. The first-order chi connectivity index (χ1) is 17.5. The van der Waals surface area contributed by atoms with Gasteiger partial charge in [0.05, 0.1) is 23.6 Å². The topological polar surface area (TPSA) is 65.5 Å². The van der Waals surface area contributed by atoms with Crippen molar-refractivity contribution in [1.29, 1.82) is 0 Å². The van der Waals surface area contributed by atoms with Crippen molar-refractivity contribution in [1.82, 2.24) is 25.0 Å². The number of rotatable bonds is 5. The number of amides is 2. The van der Waals surface area contributed by atoms with Gasteiger partial charge in [-0.15, -0.1) is 11.6 Å². The third-order valence-corrected chi connectivity index (χ3v) is 6.29. The third kappa shape index (κ3) is 5.06. The second-order valence-corrected chi connectivity index (χ2v) is 8.70. The molecule has 184 valence electrons. The highest BCUT2D eigenvalue weighted by Gasteiger charge is 2.27. The fourth-order valence-electron chi connectivity index (χ4n) is 4.18. The maximum Gasteiger partial charge on any atom is 0.348 e. The second-order valence-electron chi connectivity index (χ2n) is 8.43. The standard InChI is InChI=1S/C26H23ClF2N6O/c27-16-23-30-22-11-10-21(19-6-8-20(28)9-7-19)31-24(22)25(32-23)33-12-14-34(15-13-33)26(36)35(29)17-18-4-2-1-3-5-18/h1-11H,12-17H2. The van der Waals surface area contributed by atoms with E-state index in [1.54, 1.807) is 24.3 Å². The number of carbonyl (C=O) groups excluding carboxylic acids is 1. The highest BCUT2D eigenvalue weighted by atomic mass is 35.5. The van der Waals surface area contributed by atoms with E-state index in [-0.39, 0.29) is 23.4 Å². The Morgan fingerprint density at radius 3 is 2.33 bits per heavy atom. The minimum Gasteiger partial charge on any atom is -0.351 e. The van der Waals surface area contributed by atoms with Crippen LogP contribution in [0.4, 0.5) is 19.5 Å². The molecule has 0 spiro atoms. The molecule has 0 unspecified atom stereocenters. The Bertz CT molecular complexity index is 1360. The van der Waals surface area contributed by atoms with Crippen LogP contribution in [-0.2, 0) is 12.4 Å². The van der Waals surface area contributed by atoms with Crippen LogP contribution >= 0.6 is 11.6 Å². The van der Waals surface area contributed by atoms with Crippen LogP contribution in [0.1, 0.15) is 11.4 Å². The molecule has 5 rings (SSSR count). The maximum absolute atomic E-state index is 14.6. The molecule has 1 fully saturated rings. The van der Waals surface area contributed by atoms with Gasteiger partial charge in [0.1, 0.15) is 17.2 Å².